The number of hydrazone groups is 1. The zero-order valence-electron chi connectivity index (χ0n) is 13.8. The maximum Gasteiger partial charge on any atom is 0.250 e. The zero-order chi connectivity index (χ0) is 17.4. The highest BCUT2D eigenvalue weighted by Gasteiger charge is 2.03. The van der Waals surface area contributed by atoms with Crippen molar-refractivity contribution in [2.24, 2.45) is 5.10 Å². The number of amides is 1. The molecule has 5 heteroatoms. The highest BCUT2D eigenvalue weighted by atomic mass is 79.9. The first-order valence-electron chi connectivity index (χ1n) is 7.79. The van der Waals surface area contributed by atoms with E-state index in [1.807, 2.05) is 36.4 Å². The van der Waals surface area contributed by atoms with Crippen molar-refractivity contribution < 1.29 is 4.79 Å². The monoisotopic (exact) mass is 404 g/mol. The average molecular weight is 405 g/mol. The van der Waals surface area contributed by atoms with Gasteiger partial charge in [0.2, 0.25) is 5.91 Å². The molecule has 0 aliphatic rings. The minimum absolute atomic E-state index is 0.0953. The van der Waals surface area contributed by atoms with E-state index in [1.54, 1.807) is 18.0 Å². The summed E-state index contributed by atoms with van der Waals surface area (Å²) in [6.07, 6.45) is 1.67. The van der Waals surface area contributed by atoms with E-state index in [0.717, 1.165) is 15.8 Å². The Labute approximate surface area is 156 Å². The van der Waals surface area contributed by atoms with Crippen LogP contribution in [0.15, 0.2) is 58.1 Å². The number of halogens is 1. The van der Waals surface area contributed by atoms with Gasteiger partial charge in [0.1, 0.15) is 0 Å². The van der Waals surface area contributed by atoms with Gasteiger partial charge in [0, 0.05) is 10.2 Å². The van der Waals surface area contributed by atoms with Crippen LogP contribution in [0.2, 0.25) is 0 Å². The first kappa shape index (κ1) is 18.7. The number of hydrogen-bond donors (Lipinski definition) is 1. The summed E-state index contributed by atoms with van der Waals surface area (Å²) in [5, 5.41) is 4.01. The van der Waals surface area contributed by atoms with Crippen molar-refractivity contribution in [1.82, 2.24) is 5.43 Å². The molecule has 0 aliphatic heterocycles. The second-order valence-electron chi connectivity index (χ2n) is 5.70. The van der Waals surface area contributed by atoms with E-state index in [9.17, 15) is 4.79 Å². The minimum atomic E-state index is -0.0953. The van der Waals surface area contributed by atoms with Crippen LogP contribution in [-0.2, 0) is 10.5 Å². The van der Waals surface area contributed by atoms with Crippen LogP contribution in [0.5, 0.6) is 0 Å². The fraction of sp³-hybridized carbons (Fsp3) is 0.263. The largest absolute Gasteiger partial charge is 0.272 e. The first-order chi connectivity index (χ1) is 11.6. The van der Waals surface area contributed by atoms with Gasteiger partial charge in [-0.3, -0.25) is 4.79 Å². The summed E-state index contributed by atoms with van der Waals surface area (Å²) >= 11 is 5.07. The molecule has 0 fully saturated rings. The predicted octanol–water partition coefficient (Wildman–Crippen LogP) is 4.96. The van der Waals surface area contributed by atoms with Crippen molar-refractivity contribution in [2.75, 3.05) is 5.75 Å². The average Bonchev–Trinajstić information content (AvgIpc) is 2.57. The van der Waals surface area contributed by atoms with Crippen molar-refractivity contribution in [3.63, 3.8) is 0 Å². The van der Waals surface area contributed by atoms with Crippen LogP contribution in [0.3, 0.4) is 0 Å². The van der Waals surface area contributed by atoms with Gasteiger partial charge in [-0.2, -0.15) is 5.10 Å². The van der Waals surface area contributed by atoms with Crippen molar-refractivity contribution >= 4 is 39.8 Å². The Hall–Kier alpha value is -1.59. The minimum Gasteiger partial charge on any atom is -0.272 e. The topological polar surface area (TPSA) is 41.5 Å². The number of thioether (sulfide) groups is 1. The van der Waals surface area contributed by atoms with Crippen LogP contribution in [0.1, 0.15) is 36.5 Å². The molecule has 1 amide bonds. The van der Waals surface area contributed by atoms with Crippen LogP contribution >= 0.6 is 27.7 Å². The van der Waals surface area contributed by atoms with Gasteiger partial charge in [-0.25, -0.2) is 5.43 Å². The third kappa shape index (κ3) is 6.13. The highest BCUT2D eigenvalue weighted by molar-refractivity contribution is 9.10. The van der Waals surface area contributed by atoms with Gasteiger partial charge < -0.3 is 0 Å². The first-order valence-corrected chi connectivity index (χ1v) is 9.74. The molecule has 0 saturated carbocycles. The molecule has 1 N–H and O–H groups in total. The van der Waals surface area contributed by atoms with Crippen LogP contribution < -0.4 is 5.43 Å². The van der Waals surface area contributed by atoms with Gasteiger partial charge in [0.25, 0.3) is 0 Å². The molecule has 0 saturated heterocycles. The summed E-state index contributed by atoms with van der Waals surface area (Å²) in [5.41, 5.74) is 6.02. The van der Waals surface area contributed by atoms with Gasteiger partial charge in [0.05, 0.1) is 12.0 Å². The van der Waals surface area contributed by atoms with Crippen LogP contribution in [-0.4, -0.2) is 17.9 Å². The van der Waals surface area contributed by atoms with Crippen molar-refractivity contribution in [3.05, 3.63) is 69.7 Å². The molecule has 0 atom stereocenters. The zero-order valence-corrected chi connectivity index (χ0v) is 16.2. The van der Waals surface area contributed by atoms with E-state index < -0.39 is 0 Å². The van der Waals surface area contributed by atoms with Gasteiger partial charge in [-0.1, -0.05) is 72.2 Å². The van der Waals surface area contributed by atoms with Gasteiger partial charge in [-0.05, 0) is 28.7 Å². The molecule has 0 aliphatic carbocycles. The summed E-state index contributed by atoms with van der Waals surface area (Å²) < 4.78 is 1.07. The molecular formula is C19H21BrN2OS. The quantitative estimate of drug-likeness (QED) is 0.523. The second kappa shape index (κ2) is 9.64. The molecule has 0 heterocycles. The van der Waals surface area contributed by atoms with Crippen LogP contribution in [0.25, 0.3) is 0 Å². The number of hydrogen-bond acceptors (Lipinski definition) is 3. The van der Waals surface area contributed by atoms with E-state index >= 15 is 0 Å². The second-order valence-corrected chi connectivity index (χ2v) is 7.54. The molecule has 0 aromatic heterocycles. The SMILES string of the molecule is CC(C)c1ccc(/C=N\NC(=O)CSCc2ccccc2Br)cc1. The number of benzene rings is 2. The predicted molar refractivity (Wildman–Crippen MR) is 107 cm³/mol. The van der Waals surface area contributed by atoms with E-state index in [4.69, 9.17) is 0 Å². The number of nitrogens with one attached hydrogen (secondary N) is 1. The lowest BCUT2D eigenvalue weighted by molar-refractivity contribution is -0.118. The molecule has 2 rings (SSSR count). The van der Waals surface area contributed by atoms with Crippen molar-refractivity contribution in [1.29, 1.82) is 0 Å². The maximum atomic E-state index is 11.8. The molecule has 2 aromatic carbocycles. The number of nitrogens with zero attached hydrogens (tertiary/aromatic N) is 1. The van der Waals surface area contributed by atoms with Crippen molar-refractivity contribution in [2.45, 2.75) is 25.5 Å². The Morgan fingerprint density at radius 1 is 1.21 bits per heavy atom. The maximum absolute atomic E-state index is 11.8. The fourth-order valence-corrected chi connectivity index (χ4v) is 3.48. The highest BCUT2D eigenvalue weighted by Crippen LogP contribution is 2.21. The molecular weight excluding hydrogens is 384 g/mol. The van der Waals surface area contributed by atoms with Crippen LogP contribution in [0.4, 0.5) is 0 Å². The molecule has 24 heavy (non-hydrogen) atoms. The van der Waals surface area contributed by atoms with Gasteiger partial charge >= 0.3 is 0 Å². The van der Waals surface area contributed by atoms with E-state index in [1.165, 1.54) is 11.1 Å². The standard InChI is InChI=1S/C19H21BrN2OS/c1-14(2)16-9-7-15(8-10-16)11-21-22-19(23)13-24-12-17-5-3-4-6-18(17)20/h3-11,14H,12-13H2,1-2H3,(H,22,23)/b21-11-. The summed E-state index contributed by atoms with van der Waals surface area (Å²) in [6, 6.07) is 16.2. The van der Waals surface area contributed by atoms with Gasteiger partial charge in [0.15, 0.2) is 0 Å². The van der Waals surface area contributed by atoms with E-state index in [0.29, 0.717) is 11.7 Å². The molecule has 3 nitrogen and oxygen atoms in total. The smallest absolute Gasteiger partial charge is 0.250 e. The Kier molecular flexibility index (Phi) is 7.53. The molecule has 126 valence electrons. The number of carbonyl (C=O) groups is 1. The van der Waals surface area contributed by atoms with Gasteiger partial charge in [-0.15, -0.1) is 11.8 Å². The molecule has 0 spiro atoms. The molecule has 0 radical (unpaired) electrons. The Morgan fingerprint density at radius 3 is 2.58 bits per heavy atom. The summed E-state index contributed by atoms with van der Waals surface area (Å²) in [6.45, 7) is 4.32. The summed E-state index contributed by atoms with van der Waals surface area (Å²) in [5.74, 6) is 1.58. The Morgan fingerprint density at radius 2 is 1.92 bits per heavy atom. The van der Waals surface area contributed by atoms with E-state index in [-0.39, 0.29) is 5.91 Å². The lowest BCUT2D eigenvalue weighted by atomic mass is 10.0. The Bertz CT molecular complexity index is 699. The third-order valence-electron chi connectivity index (χ3n) is 3.45. The molecule has 0 bridgehead atoms. The van der Waals surface area contributed by atoms with Crippen molar-refractivity contribution in [3.8, 4) is 0 Å². The lowest BCUT2D eigenvalue weighted by Crippen LogP contribution is -2.19. The molecule has 2 aromatic rings. The Balaban J connectivity index is 1.73. The normalized spacial score (nSPS) is 11.2. The van der Waals surface area contributed by atoms with E-state index in [2.05, 4.69) is 52.4 Å². The number of carbonyl (C=O) groups excluding carboxylic acids is 1. The van der Waals surface area contributed by atoms with Crippen LogP contribution in [0, 0.1) is 0 Å². The number of rotatable bonds is 7. The molecule has 0 unspecified atom stereocenters. The summed E-state index contributed by atoms with van der Waals surface area (Å²) in [7, 11) is 0. The summed E-state index contributed by atoms with van der Waals surface area (Å²) in [4.78, 5) is 11.8. The lowest BCUT2D eigenvalue weighted by Gasteiger charge is -2.05. The fourth-order valence-electron chi connectivity index (χ4n) is 2.05. The third-order valence-corrected chi connectivity index (χ3v) is 5.21.